The number of benzene rings is 2. The van der Waals surface area contributed by atoms with Crippen molar-refractivity contribution < 1.29 is 14.3 Å². The van der Waals surface area contributed by atoms with Crippen LogP contribution in [0.15, 0.2) is 54.1 Å². The van der Waals surface area contributed by atoms with Crippen LogP contribution in [0, 0.1) is 0 Å². The number of nitrogens with zero attached hydrogens (tertiary/aromatic N) is 2. The van der Waals surface area contributed by atoms with E-state index in [0.717, 1.165) is 48.9 Å². The summed E-state index contributed by atoms with van der Waals surface area (Å²) in [5, 5.41) is 0. The molecule has 3 rings (SSSR count). The standard InChI is InChI=1S/C24H28N2O3.C5H13N/c1-24(2,3)29-23(28)26-14-12-19(13-15-26)22(20-6-4-5-7-21(20)25)18-10-8-17(16-27)9-11-18;1-4-6(3)5-2/h4-11,16H,12-15,25H2,1-3H3;4-5H2,1-3H3. The van der Waals surface area contributed by atoms with Crippen molar-refractivity contribution in [2.75, 3.05) is 39.0 Å². The van der Waals surface area contributed by atoms with Gasteiger partial charge in [0.25, 0.3) is 0 Å². The Hall–Kier alpha value is -3.12. The number of hydrogen-bond acceptors (Lipinski definition) is 5. The van der Waals surface area contributed by atoms with Crippen LogP contribution in [0.1, 0.15) is 68.9 Å². The average Bonchev–Trinajstić information content (AvgIpc) is 2.85. The van der Waals surface area contributed by atoms with E-state index in [-0.39, 0.29) is 6.09 Å². The minimum atomic E-state index is -0.503. The van der Waals surface area contributed by atoms with Crippen LogP contribution >= 0.6 is 0 Å². The lowest BCUT2D eigenvalue weighted by molar-refractivity contribution is 0.0236. The summed E-state index contributed by atoms with van der Waals surface area (Å²) in [6.07, 6.45) is 2.07. The third kappa shape index (κ3) is 8.55. The number of nitrogen functional groups attached to an aromatic ring is 1. The van der Waals surface area contributed by atoms with Crippen molar-refractivity contribution in [2.45, 2.75) is 53.1 Å². The second-order valence-corrected chi connectivity index (χ2v) is 9.76. The summed E-state index contributed by atoms with van der Waals surface area (Å²) >= 11 is 0. The fraction of sp³-hybridized carbons (Fsp3) is 0.448. The lowest BCUT2D eigenvalue weighted by Crippen LogP contribution is -2.40. The molecule has 1 aliphatic heterocycles. The zero-order valence-corrected chi connectivity index (χ0v) is 22.1. The zero-order valence-electron chi connectivity index (χ0n) is 22.1. The van der Waals surface area contributed by atoms with Crippen molar-refractivity contribution in [1.82, 2.24) is 9.80 Å². The number of carbonyl (C=O) groups excluding carboxylic acids is 2. The van der Waals surface area contributed by atoms with Crippen LogP contribution in [0.2, 0.25) is 0 Å². The Kier molecular flexibility index (Phi) is 10.5. The van der Waals surface area contributed by atoms with Gasteiger partial charge in [-0.05, 0) is 71.0 Å². The van der Waals surface area contributed by atoms with E-state index in [1.54, 1.807) is 4.90 Å². The normalized spacial score (nSPS) is 13.7. The molecule has 1 saturated heterocycles. The first kappa shape index (κ1) is 28.1. The number of ether oxygens (including phenoxy) is 1. The fourth-order valence-electron chi connectivity index (χ4n) is 3.76. The molecular formula is C29H41N3O3. The van der Waals surface area contributed by atoms with E-state index in [9.17, 15) is 9.59 Å². The van der Waals surface area contributed by atoms with Gasteiger partial charge in [0.15, 0.2) is 0 Å². The molecule has 190 valence electrons. The highest BCUT2D eigenvalue weighted by Crippen LogP contribution is 2.35. The highest BCUT2D eigenvalue weighted by atomic mass is 16.6. The number of amides is 1. The number of nitrogens with two attached hydrogens (primary N) is 1. The lowest BCUT2D eigenvalue weighted by Gasteiger charge is -2.32. The SMILES string of the molecule is CC(C)(C)OC(=O)N1CCC(=C(c2ccc(C=O)cc2)c2ccccc2N)CC1.CCN(C)CC. The molecule has 1 fully saturated rings. The summed E-state index contributed by atoms with van der Waals surface area (Å²) in [6.45, 7) is 13.5. The molecule has 0 aliphatic carbocycles. The average molecular weight is 480 g/mol. The Morgan fingerprint density at radius 3 is 2.06 bits per heavy atom. The number of aldehydes is 1. The van der Waals surface area contributed by atoms with E-state index in [2.05, 4.69) is 25.8 Å². The number of likely N-dealkylation sites (tertiary alicyclic amines) is 1. The van der Waals surface area contributed by atoms with Crippen molar-refractivity contribution in [2.24, 2.45) is 0 Å². The molecule has 35 heavy (non-hydrogen) atoms. The first-order valence-corrected chi connectivity index (χ1v) is 12.4. The molecular weight excluding hydrogens is 438 g/mol. The molecule has 0 saturated carbocycles. The molecule has 2 aromatic rings. The van der Waals surface area contributed by atoms with Crippen LogP contribution < -0.4 is 5.73 Å². The summed E-state index contributed by atoms with van der Waals surface area (Å²) in [7, 11) is 2.11. The Morgan fingerprint density at radius 2 is 1.60 bits per heavy atom. The second kappa shape index (κ2) is 13.1. The van der Waals surface area contributed by atoms with Gasteiger partial charge in [-0.25, -0.2) is 4.79 Å². The van der Waals surface area contributed by atoms with Crippen molar-refractivity contribution in [3.8, 4) is 0 Å². The molecule has 0 atom stereocenters. The molecule has 0 bridgehead atoms. The van der Waals surface area contributed by atoms with Crippen LogP contribution in [0.5, 0.6) is 0 Å². The zero-order chi connectivity index (χ0) is 26.0. The Morgan fingerprint density at radius 1 is 1.03 bits per heavy atom. The fourth-order valence-corrected chi connectivity index (χ4v) is 3.76. The number of hydrogen-bond donors (Lipinski definition) is 1. The minimum absolute atomic E-state index is 0.271. The first-order valence-electron chi connectivity index (χ1n) is 12.4. The molecule has 1 heterocycles. The minimum Gasteiger partial charge on any atom is -0.444 e. The summed E-state index contributed by atoms with van der Waals surface area (Å²) in [6, 6.07) is 15.4. The predicted molar refractivity (Wildman–Crippen MR) is 145 cm³/mol. The van der Waals surface area contributed by atoms with Gasteiger partial charge in [-0.3, -0.25) is 4.79 Å². The molecule has 0 unspecified atom stereocenters. The van der Waals surface area contributed by atoms with Crippen molar-refractivity contribution in [1.29, 1.82) is 0 Å². The smallest absolute Gasteiger partial charge is 0.410 e. The summed E-state index contributed by atoms with van der Waals surface area (Å²) in [4.78, 5) is 27.4. The Bertz CT molecular complexity index is 993. The van der Waals surface area contributed by atoms with E-state index < -0.39 is 5.60 Å². The van der Waals surface area contributed by atoms with Crippen LogP contribution in [0.4, 0.5) is 10.5 Å². The highest BCUT2D eigenvalue weighted by Gasteiger charge is 2.26. The van der Waals surface area contributed by atoms with Gasteiger partial charge in [-0.1, -0.05) is 61.9 Å². The molecule has 6 heteroatoms. The number of rotatable bonds is 5. The maximum absolute atomic E-state index is 12.4. The topological polar surface area (TPSA) is 75.9 Å². The van der Waals surface area contributed by atoms with Crippen LogP contribution in [-0.4, -0.2) is 61.0 Å². The number of carbonyl (C=O) groups is 2. The van der Waals surface area contributed by atoms with Crippen molar-refractivity contribution in [3.05, 3.63) is 70.8 Å². The third-order valence-electron chi connectivity index (χ3n) is 6.02. The molecule has 2 N–H and O–H groups in total. The first-order chi connectivity index (χ1) is 16.6. The number of para-hydroxylation sites is 1. The number of piperidine rings is 1. The van der Waals surface area contributed by atoms with Gasteiger partial charge in [0.2, 0.25) is 0 Å². The Balaban J connectivity index is 0.000000641. The van der Waals surface area contributed by atoms with E-state index in [1.807, 2.05) is 69.3 Å². The van der Waals surface area contributed by atoms with Gasteiger partial charge in [0, 0.05) is 29.9 Å². The molecule has 1 amide bonds. The van der Waals surface area contributed by atoms with Gasteiger partial charge >= 0.3 is 6.09 Å². The van der Waals surface area contributed by atoms with Crippen molar-refractivity contribution >= 4 is 23.6 Å². The monoisotopic (exact) mass is 479 g/mol. The maximum atomic E-state index is 12.4. The molecule has 1 aliphatic rings. The summed E-state index contributed by atoms with van der Waals surface area (Å²) < 4.78 is 5.50. The van der Waals surface area contributed by atoms with Gasteiger partial charge in [0.05, 0.1) is 0 Å². The molecule has 0 radical (unpaired) electrons. The van der Waals surface area contributed by atoms with Crippen molar-refractivity contribution in [3.63, 3.8) is 0 Å². The Labute approximate surface area is 210 Å². The summed E-state index contributed by atoms with van der Waals surface area (Å²) in [5.41, 5.74) is 11.5. The van der Waals surface area contributed by atoms with Gasteiger partial charge in [-0.15, -0.1) is 0 Å². The van der Waals surface area contributed by atoms with Gasteiger partial charge < -0.3 is 20.3 Å². The molecule has 0 aromatic heterocycles. The maximum Gasteiger partial charge on any atom is 0.410 e. The third-order valence-corrected chi connectivity index (χ3v) is 6.02. The van der Waals surface area contributed by atoms with E-state index >= 15 is 0 Å². The molecule has 6 nitrogen and oxygen atoms in total. The van der Waals surface area contributed by atoms with E-state index in [1.165, 1.54) is 5.57 Å². The van der Waals surface area contributed by atoms with Gasteiger partial charge in [0.1, 0.15) is 11.9 Å². The molecule has 2 aromatic carbocycles. The van der Waals surface area contributed by atoms with Gasteiger partial charge in [-0.2, -0.15) is 0 Å². The molecule has 0 spiro atoms. The van der Waals surface area contributed by atoms with E-state index in [0.29, 0.717) is 24.3 Å². The summed E-state index contributed by atoms with van der Waals surface area (Å²) in [5.74, 6) is 0. The van der Waals surface area contributed by atoms with Crippen LogP contribution in [-0.2, 0) is 4.74 Å². The largest absolute Gasteiger partial charge is 0.444 e. The predicted octanol–water partition coefficient (Wildman–Crippen LogP) is 5.87. The lowest BCUT2D eigenvalue weighted by atomic mass is 9.87. The quantitative estimate of drug-likeness (QED) is 0.429. The van der Waals surface area contributed by atoms with E-state index in [4.69, 9.17) is 10.5 Å². The second-order valence-electron chi connectivity index (χ2n) is 9.76. The highest BCUT2D eigenvalue weighted by molar-refractivity contribution is 5.88. The van der Waals surface area contributed by atoms with Crippen LogP contribution in [0.25, 0.3) is 5.57 Å². The number of anilines is 1. The van der Waals surface area contributed by atoms with Crippen LogP contribution in [0.3, 0.4) is 0 Å².